The van der Waals surface area contributed by atoms with Gasteiger partial charge < -0.3 is 19.0 Å². The first-order chi connectivity index (χ1) is 13.1. The molecule has 0 saturated heterocycles. The number of ether oxygens (including phenoxy) is 2. The Balaban J connectivity index is 1.58. The summed E-state index contributed by atoms with van der Waals surface area (Å²) in [6, 6.07) is 15.9. The number of hydrogen-bond donors (Lipinski definition) is 1. The molecule has 1 aromatic heterocycles. The molecule has 3 rings (SSSR count). The Morgan fingerprint density at radius 2 is 1.70 bits per heavy atom. The van der Waals surface area contributed by atoms with Gasteiger partial charge in [-0.2, -0.15) is 0 Å². The summed E-state index contributed by atoms with van der Waals surface area (Å²) in [4.78, 5) is 22.8. The van der Waals surface area contributed by atoms with Crippen LogP contribution in [0.3, 0.4) is 0 Å². The zero-order valence-electron chi connectivity index (χ0n) is 14.7. The fourth-order valence-electron chi connectivity index (χ4n) is 2.58. The van der Waals surface area contributed by atoms with Crippen LogP contribution in [0.1, 0.15) is 18.6 Å². The van der Waals surface area contributed by atoms with Gasteiger partial charge in [0.15, 0.2) is 5.43 Å². The Morgan fingerprint density at radius 3 is 2.44 bits per heavy atom. The maximum Gasteiger partial charge on any atom is 0.303 e. The molecule has 1 N–H and O–H groups in total. The lowest BCUT2D eigenvalue weighted by Crippen LogP contribution is -2.06. The number of aryl methyl sites for hydroxylation is 1. The summed E-state index contributed by atoms with van der Waals surface area (Å²) in [5.74, 6) is 0.815. The number of aliphatic carboxylic acids is 1. The summed E-state index contributed by atoms with van der Waals surface area (Å²) in [6.45, 7) is 0.993. The van der Waals surface area contributed by atoms with Crippen LogP contribution >= 0.6 is 0 Å². The minimum absolute atomic E-state index is 0.0912. The third-order valence-corrected chi connectivity index (χ3v) is 3.91. The molecule has 2 aromatic carbocycles. The molecule has 0 aliphatic heterocycles. The average Bonchev–Trinajstić information content (AvgIpc) is 2.67. The zero-order valence-corrected chi connectivity index (χ0v) is 14.7. The second kappa shape index (κ2) is 8.89. The van der Waals surface area contributed by atoms with Crippen LogP contribution < -0.4 is 14.9 Å². The molecule has 6 heteroatoms. The first-order valence-corrected chi connectivity index (χ1v) is 8.71. The molecule has 3 aromatic rings. The van der Waals surface area contributed by atoms with Crippen LogP contribution in [0.4, 0.5) is 0 Å². The molecule has 6 nitrogen and oxygen atoms in total. The molecule has 140 valence electrons. The van der Waals surface area contributed by atoms with E-state index in [0.717, 1.165) is 5.75 Å². The van der Waals surface area contributed by atoms with Crippen LogP contribution in [-0.4, -0.2) is 24.3 Å². The van der Waals surface area contributed by atoms with E-state index in [9.17, 15) is 9.59 Å². The van der Waals surface area contributed by atoms with E-state index < -0.39 is 5.97 Å². The average molecular weight is 368 g/mol. The third-order valence-electron chi connectivity index (χ3n) is 3.91. The predicted octanol–water partition coefficient (Wildman–Crippen LogP) is 3.66. The van der Waals surface area contributed by atoms with Gasteiger partial charge in [-0.05, 0) is 24.3 Å². The first kappa shape index (κ1) is 18.5. The number of carbonyl (C=O) groups is 1. The summed E-state index contributed by atoms with van der Waals surface area (Å²) in [7, 11) is 0. The van der Waals surface area contributed by atoms with Crippen molar-refractivity contribution in [1.29, 1.82) is 0 Å². The molecular weight excluding hydrogens is 348 g/mol. The molecule has 1 heterocycles. The molecule has 0 bridgehead atoms. The Hall–Kier alpha value is -3.28. The lowest BCUT2D eigenvalue weighted by atomic mass is 10.2. The van der Waals surface area contributed by atoms with Crippen molar-refractivity contribution >= 4 is 16.9 Å². The van der Waals surface area contributed by atoms with Crippen LogP contribution in [0.25, 0.3) is 11.0 Å². The Bertz CT molecular complexity index is 961. The van der Waals surface area contributed by atoms with Gasteiger partial charge in [0.2, 0.25) is 0 Å². The van der Waals surface area contributed by atoms with Gasteiger partial charge in [-0.25, -0.2) is 0 Å². The molecular formula is C21H20O6. The van der Waals surface area contributed by atoms with Gasteiger partial charge >= 0.3 is 5.97 Å². The molecule has 0 aliphatic carbocycles. The Morgan fingerprint density at radius 1 is 0.963 bits per heavy atom. The van der Waals surface area contributed by atoms with Gasteiger partial charge in [-0.3, -0.25) is 9.59 Å². The quantitative estimate of drug-likeness (QED) is 0.580. The molecule has 0 saturated carbocycles. The highest BCUT2D eigenvalue weighted by molar-refractivity contribution is 5.78. The van der Waals surface area contributed by atoms with Gasteiger partial charge in [0.1, 0.15) is 22.8 Å². The van der Waals surface area contributed by atoms with Crippen molar-refractivity contribution in [2.75, 3.05) is 13.2 Å². The number of fused-ring (bicyclic) bond motifs is 1. The fourth-order valence-corrected chi connectivity index (χ4v) is 2.58. The maximum atomic E-state index is 12.1. The van der Waals surface area contributed by atoms with Crippen LogP contribution in [0.5, 0.6) is 11.5 Å². The standard InChI is InChI=1S/C21H20O6/c22-19-13-17(8-10-21(23)24)27-20-14-16(7-9-18(19)20)26-12-4-11-25-15-5-2-1-3-6-15/h1-3,5-7,9,13-14H,4,8,10-12H2,(H,23,24). The number of benzene rings is 2. The SMILES string of the molecule is O=C(O)CCc1cc(=O)c2ccc(OCCCOc3ccccc3)cc2o1. The first-order valence-electron chi connectivity index (χ1n) is 8.71. The highest BCUT2D eigenvalue weighted by atomic mass is 16.5. The van der Waals surface area contributed by atoms with E-state index in [1.54, 1.807) is 18.2 Å². The summed E-state index contributed by atoms with van der Waals surface area (Å²) in [5, 5.41) is 9.20. The second-order valence-electron chi connectivity index (χ2n) is 5.99. The molecule has 0 aliphatic rings. The summed E-state index contributed by atoms with van der Waals surface area (Å²) >= 11 is 0. The summed E-state index contributed by atoms with van der Waals surface area (Å²) < 4.78 is 16.9. The lowest BCUT2D eigenvalue weighted by Gasteiger charge is -2.09. The van der Waals surface area contributed by atoms with Gasteiger partial charge in [-0.15, -0.1) is 0 Å². The van der Waals surface area contributed by atoms with Crippen LogP contribution in [-0.2, 0) is 11.2 Å². The van der Waals surface area contributed by atoms with Crippen molar-refractivity contribution in [2.24, 2.45) is 0 Å². The highest BCUT2D eigenvalue weighted by Gasteiger charge is 2.08. The molecule has 27 heavy (non-hydrogen) atoms. The van der Waals surface area contributed by atoms with Crippen LogP contribution in [0.15, 0.2) is 63.8 Å². The monoisotopic (exact) mass is 368 g/mol. The second-order valence-corrected chi connectivity index (χ2v) is 5.99. The largest absolute Gasteiger partial charge is 0.493 e. The maximum absolute atomic E-state index is 12.1. The van der Waals surface area contributed by atoms with Crippen LogP contribution in [0, 0.1) is 0 Å². The number of carboxylic acid groups (broad SMARTS) is 1. The van der Waals surface area contributed by atoms with E-state index in [0.29, 0.717) is 42.1 Å². The van der Waals surface area contributed by atoms with Gasteiger partial charge in [0.25, 0.3) is 0 Å². The number of para-hydroxylation sites is 1. The fraction of sp³-hybridized carbons (Fsp3) is 0.238. The van der Waals surface area contributed by atoms with Crippen molar-refractivity contribution in [3.8, 4) is 11.5 Å². The molecule has 0 amide bonds. The van der Waals surface area contributed by atoms with E-state index in [1.165, 1.54) is 6.07 Å². The zero-order chi connectivity index (χ0) is 19.1. The van der Waals surface area contributed by atoms with Gasteiger partial charge in [0, 0.05) is 25.0 Å². The molecule has 0 spiro atoms. The van der Waals surface area contributed by atoms with E-state index >= 15 is 0 Å². The minimum atomic E-state index is -0.937. The minimum Gasteiger partial charge on any atom is -0.493 e. The van der Waals surface area contributed by atoms with Gasteiger partial charge in [-0.1, -0.05) is 18.2 Å². The summed E-state index contributed by atoms with van der Waals surface area (Å²) in [6.07, 6.45) is 0.782. The van der Waals surface area contributed by atoms with Crippen molar-refractivity contribution in [2.45, 2.75) is 19.3 Å². The molecule has 0 unspecified atom stereocenters. The molecule has 0 radical (unpaired) electrons. The highest BCUT2D eigenvalue weighted by Crippen LogP contribution is 2.20. The predicted molar refractivity (Wildman–Crippen MR) is 100 cm³/mol. The smallest absolute Gasteiger partial charge is 0.303 e. The number of hydrogen-bond acceptors (Lipinski definition) is 5. The molecule has 0 fully saturated rings. The molecule has 0 atom stereocenters. The van der Waals surface area contributed by atoms with Crippen molar-refractivity contribution in [1.82, 2.24) is 0 Å². The van der Waals surface area contributed by atoms with Crippen molar-refractivity contribution in [3.63, 3.8) is 0 Å². The topological polar surface area (TPSA) is 86.0 Å². The van der Waals surface area contributed by atoms with Crippen LogP contribution in [0.2, 0.25) is 0 Å². The van der Waals surface area contributed by atoms with E-state index in [1.807, 2.05) is 30.3 Å². The van der Waals surface area contributed by atoms with Crippen molar-refractivity contribution < 1.29 is 23.8 Å². The van der Waals surface area contributed by atoms with E-state index in [-0.39, 0.29) is 18.3 Å². The van der Waals surface area contributed by atoms with E-state index in [2.05, 4.69) is 0 Å². The van der Waals surface area contributed by atoms with Crippen molar-refractivity contribution in [3.05, 3.63) is 70.6 Å². The Labute approximate surface area is 156 Å². The lowest BCUT2D eigenvalue weighted by molar-refractivity contribution is -0.137. The van der Waals surface area contributed by atoms with Gasteiger partial charge in [0.05, 0.1) is 25.0 Å². The van der Waals surface area contributed by atoms with E-state index in [4.69, 9.17) is 19.0 Å². The summed E-state index contributed by atoms with van der Waals surface area (Å²) in [5.41, 5.74) is 0.195. The Kier molecular flexibility index (Phi) is 6.10. The third kappa shape index (κ3) is 5.34. The number of carboxylic acids is 1. The normalized spacial score (nSPS) is 10.7. The number of rotatable bonds is 9.